The van der Waals surface area contributed by atoms with Gasteiger partial charge in [0.15, 0.2) is 11.6 Å². The first-order chi connectivity index (χ1) is 15.7. The minimum atomic E-state index is -0.239. The van der Waals surface area contributed by atoms with Crippen LogP contribution in [0.25, 0.3) is 10.9 Å². The van der Waals surface area contributed by atoms with Gasteiger partial charge in [0.1, 0.15) is 0 Å². The molecule has 5 rings (SSSR count). The van der Waals surface area contributed by atoms with Crippen molar-refractivity contribution in [2.24, 2.45) is 0 Å². The van der Waals surface area contributed by atoms with Gasteiger partial charge in [-0.05, 0) is 50.7 Å². The van der Waals surface area contributed by atoms with Crippen LogP contribution in [0, 0.1) is 0 Å². The van der Waals surface area contributed by atoms with Crippen molar-refractivity contribution in [2.75, 3.05) is 20.3 Å². The molecular formula is C27H32N2O3. The molecule has 1 aliphatic heterocycles. The zero-order chi connectivity index (χ0) is 22.2. The molecular weight excluding hydrogens is 400 g/mol. The number of carbonyl (C=O) groups excluding carboxylic acids is 2. The molecule has 0 atom stereocenters. The first-order valence-electron chi connectivity index (χ1n) is 12.0. The number of allylic oxidation sites excluding steroid dienone is 4. The first kappa shape index (κ1) is 21.2. The molecule has 0 spiro atoms. The van der Waals surface area contributed by atoms with E-state index in [4.69, 9.17) is 4.74 Å². The van der Waals surface area contributed by atoms with Crippen LogP contribution in [0.15, 0.2) is 53.0 Å². The second kappa shape index (κ2) is 8.70. The Kier molecular flexibility index (Phi) is 5.76. The number of aryl methyl sites for hydroxylation is 1. The van der Waals surface area contributed by atoms with Crippen molar-refractivity contribution < 1.29 is 14.3 Å². The average Bonchev–Trinajstić information content (AvgIpc) is 3.18. The van der Waals surface area contributed by atoms with Gasteiger partial charge in [-0.2, -0.15) is 0 Å². The second-order valence-corrected chi connectivity index (χ2v) is 9.09. The summed E-state index contributed by atoms with van der Waals surface area (Å²) in [7, 11) is 1.72. The van der Waals surface area contributed by atoms with Crippen LogP contribution in [0.4, 0.5) is 0 Å². The van der Waals surface area contributed by atoms with Crippen LogP contribution in [-0.2, 0) is 20.9 Å². The third kappa shape index (κ3) is 3.34. The van der Waals surface area contributed by atoms with E-state index in [0.717, 1.165) is 78.7 Å². The molecule has 32 heavy (non-hydrogen) atoms. The topological polar surface area (TPSA) is 51.5 Å². The SMILES string of the molecule is CCn1cc(C2C3=C(CCCC3=O)N(CCCOC)C3=C2C(=O)CCC3)c2ccccc21. The van der Waals surface area contributed by atoms with Gasteiger partial charge in [0.05, 0.1) is 0 Å². The highest BCUT2D eigenvalue weighted by Crippen LogP contribution is 2.50. The highest BCUT2D eigenvalue weighted by Gasteiger charge is 2.43. The summed E-state index contributed by atoms with van der Waals surface area (Å²) in [4.78, 5) is 29.2. The summed E-state index contributed by atoms with van der Waals surface area (Å²) in [5, 5.41) is 1.16. The van der Waals surface area contributed by atoms with Crippen molar-refractivity contribution in [1.29, 1.82) is 0 Å². The van der Waals surface area contributed by atoms with E-state index in [1.54, 1.807) is 7.11 Å². The maximum atomic E-state index is 13.4. The Morgan fingerprint density at radius 2 is 1.62 bits per heavy atom. The summed E-state index contributed by atoms with van der Waals surface area (Å²) < 4.78 is 7.55. The van der Waals surface area contributed by atoms with Gasteiger partial charge in [0.25, 0.3) is 0 Å². The molecule has 0 fully saturated rings. The third-order valence-electron chi connectivity index (χ3n) is 7.29. The minimum Gasteiger partial charge on any atom is -0.385 e. The quantitative estimate of drug-likeness (QED) is 0.595. The van der Waals surface area contributed by atoms with Gasteiger partial charge in [0.2, 0.25) is 0 Å². The predicted molar refractivity (Wildman–Crippen MR) is 125 cm³/mol. The van der Waals surface area contributed by atoms with Crippen molar-refractivity contribution in [2.45, 2.75) is 64.3 Å². The van der Waals surface area contributed by atoms with E-state index in [1.807, 2.05) is 0 Å². The summed E-state index contributed by atoms with van der Waals surface area (Å²) >= 11 is 0. The monoisotopic (exact) mass is 432 g/mol. The molecule has 0 radical (unpaired) electrons. The third-order valence-corrected chi connectivity index (χ3v) is 7.29. The summed E-state index contributed by atoms with van der Waals surface area (Å²) in [5.74, 6) is 0.189. The Bertz CT molecular complexity index is 1090. The van der Waals surface area contributed by atoms with Gasteiger partial charge >= 0.3 is 0 Å². The Hall–Kier alpha value is -2.66. The highest BCUT2D eigenvalue weighted by molar-refractivity contribution is 6.07. The summed E-state index contributed by atoms with van der Waals surface area (Å²) in [6, 6.07) is 8.40. The molecule has 2 heterocycles. The lowest BCUT2D eigenvalue weighted by molar-refractivity contribution is -0.117. The van der Waals surface area contributed by atoms with E-state index < -0.39 is 0 Å². The lowest BCUT2D eigenvalue weighted by atomic mass is 9.71. The number of fused-ring (bicyclic) bond motifs is 1. The van der Waals surface area contributed by atoms with Crippen LogP contribution in [0.2, 0.25) is 0 Å². The number of ether oxygens (including phenoxy) is 1. The van der Waals surface area contributed by atoms with Crippen molar-refractivity contribution in [1.82, 2.24) is 9.47 Å². The van der Waals surface area contributed by atoms with Crippen LogP contribution in [0.3, 0.4) is 0 Å². The van der Waals surface area contributed by atoms with Gasteiger partial charge in [-0.25, -0.2) is 0 Å². The standard InChI is InChI=1S/C27H32N2O3/c1-3-28-17-19(18-9-4-5-10-20(18)28)25-26-21(11-6-13-23(26)30)29(15-8-16-32-2)22-12-7-14-24(31)27(22)25/h4-5,9-10,17,25H,3,6-8,11-16H2,1-2H3. The number of hydrogen-bond donors (Lipinski definition) is 0. The van der Waals surface area contributed by atoms with Crippen LogP contribution < -0.4 is 0 Å². The van der Waals surface area contributed by atoms with E-state index in [9.17, 15) is 9.59 Å². The first-order valence-corrected chi connectivity index (χ1v) is 12.0. The number of benzene rings is 1. The zero-order valence-corrected chi connectivity index (χ0v) is 19.2. The highest BCUT2D eigenvalue weighted by atomic mass is 16.5. The Morgan fingerprint density at radius 3 is 2.25 bits per heavy atom. The van der Waals surface area contributed by atoms with Gasteiger partial charge < -0.3 is 14.2 Å². The van der Waals surface area contributed by atoms with Crippen molar-refractivity contribution >= 4 is 22.5 Å². The molecule has 2 aliphatic carbocycles. The van der Waals surface area contributed by atoms with Gasteiger partial charge in [-0.15, -0.1) is 0 Å². The molecule has 0 N–H and O–H groups in total. The van der Waals surface area contributed by atoms with E-state index >= 15 is 0 Å². The number of ketones is 2. The van der Waals surface area contributed by atoms with Crippen LogP contribution in [0.1, 0.15) is 63.4 Å². The molecule has 1 aromatic heterocycles. The fraction of sp³-hybridized carbons (Fsp3) is 0.481. The number of nitrogens with zero attached hydrogens (tertiary/aromatic N) is 2. The van der Waals surface area contributed by atoms with E-state index in [2.05, 4.69) is 46.9 Å². The average molecular weight is 433 g/mol. The molecule has 0 bridgehead atoms. The van der Waals surface area contributed by atoms with E-state index in [1.165, 1.54) is 5.52 Å². The number of aromatic nitrogens is 1. The molecule has 3 aliphatic rings. The van der Waals surface area contributed by atoms with Crippen molar-refractivity contribution in [3.8, 4) is 0 Å². The molecule has 5 nitrogen and oxygen atoms in total. The maximum Gasteiger partial charge on any atom is 0.161 e. The number of carbonyl (C=O) groups is 2. The van der Waals surface area contributed by atoms with Gasteiger partial charge in [-0.1, -0.05) is 18.2 Å². The molecule has 0 amide bonds. The fourth-order valence-electron chi connectivity index (χ4n) is 5.93. The smallest absolute Gasteiger partial charge is 0.161 e. The van der Waals surface area contributed by atoms with E-state index in [-0.39, 0.29) is 17.5 Å². The minimum absolute atomic E-state index is 0.214. The van der Waals surface area contributed by atoms with Crippen molar-refractivity contribution in [3.05, 3.63) is 58.6 Å². The second-order valence-electron chi connectivity index (χ2n) is 9.09. The number of hydrogen-bond acceptors (Lipinski definition) is 4. The van der Waals surface area contributed by atoms with Crippen LogP contribution >= 0.6 is 0 Å². The summed E-state index contributed by atoms with van der Waals surface area (Å²) in [5.41, 5.74) is 6.35. The molecule has 2 aromatic rings. The van der Waals surface area contributed by atoms with Crippen molar-refractivity contribution in [3.63, 3.8) is 0 Å². The Balaban J connectivity index is 1.74. The number of para-hydroxylation sites is 1. The molecule has 168 valence electrons. The normalized spacial score (nSPS) is 19.8. The lowest BCUT2D eigenvalue weighted by Gasteiger charge is -2.44. The van der Waals surface area contributed by atoms with Gasteiger partial charge in [0, 0.05) is 85.2 Å². The molecule has 0 saturated carbocycles. The molecule has 1 aromatic carbocycles. The largest absolute Gasteiger partial charge is 0.385 e. The van der Waals surface area contributed by atoms with Crippen LogP contribution in [-0.4, -0.2) is 41.3 Å². The number of Topliss-reactive ketones (excluding diaryl/α,β-unsaturated/α-hetero) is 2. The lowest BCUT2D eigenvalue weighted by Crippen LogP contribution is -2.39. The molecule has 0 unspecified atom stereocenters. The Labute approximate surface area is 189 Å². The zero-order valence-electron chi connectivity index (χ0n) is 19.2. The maximum absolute atomic E-state index is 13.4. The Morgan fingerprint density at radius 1 is 0.969 bits per heavy atom. The van der Waals surface area contributed by atoms with Gasteiger partial charge in [-0.3, -0.25) is 9.59 Å². The molecule has 5 heteroatoms. The molecule has 0 saturated heterocycles. The number of rotatable bonds is 6. The summed E-state index contributed by atoms with van der Waals surface area (Å²) in [6.07, 6.45) is 7.80. The predicted octanol–water partition coefficient (Wildman–Crippen LogP) is 5.11. The van der Waals surface area contributed by atoms with E-state index in [0.29, 0.717) is 19.4 Å². The number of methoxy groups -OCH3 is 1. The fourth-order valence-corrected chi connectivity index (χ4v) is 5.93. The summed E-state index contributed by atoms with van der Waals surface area (Å²) in [6.45, 7) is 4.48. The van der Waals surface area contributed by atoms with Crippen LogP contribution in [0.5, 0.6) is 0 Å².